The zero-order chi connectivity index (χ0) is 11.5. The Bertz CT molecular complexity index is 108. The first kappa shape index (κ1) is 14.9. The summed E-state index contributed by atoms with van der Waals surface area (Å²) in [6.07, 6.45) is 3.91. The van der Waals surface area contributed by atoms with E-state index in [1.165, 1.54) is 25.8 Å². The van der Waals surface area contributed by atoms with Crippen LogP contribution in [0.15, 0.2) is 0 Å². The molecule has 0 amide bonds. The van der Waals surface area contributed by atoms with Gasteiger partial charge in [0.25, 0.3) is 0 Å². The molecule has 92 valence electrons. The highest BCUT2D eigenvalue weighted by Crippen LogP contribution is 2.01. The lowest BCUT2D eigenvalue weighted by molar-refractivity contribution is 0.507. The van der Waals surface area contributed by atoms with E-state index in [1.807, 2.05) is 0 Å². The summed E-state index contributed by atoms with van der Waals surface area (Å²) in [5, 5.41) is 6.94. The van der Waals surface area contributed by atoms with Crippen LogP contribution in [0.4, 0.5) is 0 Å². The summed E-state index contributed by atoms with van der Waals surface area (Å²) in [4.78, 5) is 0. The molecule has 0 bridgehead atoms. The minimum absolute atomic E-state index is 0.768. The van der Waals surface area contributed by atoms with Gasteiger partial charge in [-0.15, -0.1) is 0 Å². The monoisotopic (exact) mass is 214 g/mol. The highest BCUT2D eigenvalue weighted by molar-refractivity contribution is 4.55. The second-order valence-corrected chi connectivity index (χ2v) is 5.24. The molecule has 0 aliphatic rings. The molecule has 0 saturated heterocycles. The molecule has 0 atom stereocenters. The van der Waals surface area contributed by atoms with Crippen molar-refractivity contribution in [2.75, 3.05) is 26.2 Å². The van der Waals surface area contributed by atoms with Crippen LogP contribution >= 0.6 is 0 Å². The maximum atomic E-state index is 3.49. The van der Waals surface area contributed by atoms with Gasteiger partial charge in [-0.05, 0) is 57.3 Å². The van der Waals surface area contributed by atoms with Crippen molar-refractivity contribution in [3.63, 3.8) is 0 Å². The Labute approximate surface area is 96.2 Å². The van der Waals surface area contributed by atoms with Gasteiger partial charge in [0, 0.05) is 0 Å². The van der Waals surface area contributed by atoms with Gasteiger partial charge in [-0.2, -0.15) is 0 Å². The Balaban J connectivity index is 2.93. The van der Waals surface area contributed by atoms with E-state index in [4.69, 9.17) is 0 Å². The zero-order valence-electron chi connectivity index (χ0n) is 11.1. The predicted molar refractivity (Wildman–Crippen MR) is 69.3 cm³/mol. The fourth-order valence-electron chi connectivity index (χ4n) is 1.49. The van der Waals surface area contributed by atoms with Crippen molar-refractivity contribution in [3.8, 4) is 0 Å². The average molecular weight is 214 g/mol. The SMILES string of the molecule is CC(C)CCCNCCCNCC(C)C. The Morgan fingerprint density at radius 2 is 1.33 bits per heavy atom. The molecule has 0 radical (unpaired) electrons. The number of nitrogens with one attached hydrogen (secondary N) is 2. The molecule has 15 heavy (non-hydrogen) atoms. The first-order valence-corrected chi connectivity index (χ1v) is 6.54. The minimum atomic E-state index is 0.768. The highest BCUT2D eigenvalue weighted by atomic mass is 14.9. The summed E-state index contributed by atoms with van der Waals surface area (Å²) in [6, 6.07) is 0. The lowest BCUT2D eigenvalue weighted by atomic mass is 10.1. The van der Waals surface area contributed by atoms with Crippen molar-refractivity contribution in [2.45, 2.75) is 47.0 Å². The quantitative estimate of drug-likeness (QED) is 0.546. The van der Waals surface area contributed by atoms with Gasteiger partial charge in [0.1, 0.15) is 0 Å². The van der Waals surface area contributed by atoms with Crippen molar-refractivity contribution in [3.05, 3.63) is 0 Å². The van der Waals surface area contributed by atoms with Crippen LogP contribution in [0, 0.1) is 11.8 Å². The normalized spacial score (nSPS) is 11.6. The fraction of sp³-hybridized carbons (Fsp3) is 1.00. The van der Waals surface area contributed by atoms with Crippen LogP contribution in [0.3, 0.4) is 0 Å². The molecule has 0 spiro atoms. The van der Waals surface area contributed by atoms with Gasteiger partial charge < -0.3 is 10.6 Å². The lowest BCUT2D eigenvalue weighted by Gasteiger charge is -2.08. The molecule has 0 unspecified atom stereocenters. The van der Waals surface area contributed by atoms with Crippen LogP contribution < -0.4 is 10.6 Å². The van der Waals surface area contributed by atoms with E-state index < -0.39 is 0 Å². The smallest absolute Gasteiger partial charge is 0.00258 e. The molecular weight excluding hydrogens is 184 g/mol. The third-order valence-corrected chi connectivity index (χ3v) is 2.39. The Morgan fingerprint density at radius 1 is 0.733 bits per heavy atom. The first-order valence-electron chi connectivity index (χ1n) is 6.54. The van der Waals surface area contributed by atoms with E-state index in [1.54, 1.807) is 0 Å². The molecule has 0 aliphatic heterocycles. The zero-order valence-corrected chi connectivity index (χ0v) is 11.1. The van der Waals surface area contributed by atoms with Crippen LogP contribution in [0.2, 0.25) is 0 Å². The van der Waals surface area contributed by atoms with Gasteiger partial charge in [-0.25, -0.2) is 0 Å². The summed E-state index contributed by atoms with van der Waals surface area (Å²) < 4.78 is 0. The summed E-state index contributed by atoms with van der Waals surface area (Å²) >= 11 is 0. The van der Waals surface area contributed by atoms with Crippen LogP contribution in [0.1, 0.15) is 47.0 Å². The lowest BCUT2D eigenvalue weighted by Crippen LogP contribution is -2.25. The fourth-order valence-corrected chi connectivity index (χ4v) is 1.49. The van der Waals surface area contributed by atoms with Crippen molar-refractivity contribution in [1.82, 2.24) is 10.6 Å². The van der Waals surface area contributed by atoms with Crippen LogP contribution in [-0.4, -0.2) is 26.2 Å². The summed E-state index contributed by atoms with van der Waals surface area (Å²) in [5.41, 5.74) is 0. The van der Waals surface area contributed by atoms with Crippen LogP contribution in [0.5, 0.6) is 0 Å². The standard InChI is InChI=1S/C13H30N2/c1-12(2)7-5-8-14-9-6-10-15-11-13(3)4/h12-15H,5-11H2,1-4H3. The molecule has 0 aromatic carbocycles. The molecule has 0 aliphatic carbocycles. The van der Waals surface area contributed by atoms with E-state index in [0.29, 0.717) is 0 Å². The molecule has 2 nitrogen and oxygen atoms in total. The Morgan fingerprint density at radius 3 is 1.93 bits per heavy atom. The van der Waals surface area contributed by atoms with Crippen molar-refractivity contribution < 1.29 is 0 Å². The van der Waals surface area contributed by atoms with Gasteiger partial charge in [0.2, 0.25) is 0 Å². The predicted octanol–water partition coefficient (Wildman–Crippen LogP) is 2.65. The van der Waals surface area contributed by atoms with Gasteiger partial charge >= 0.3 is 0 Å². The molecule has 0 aromatic rings. The van der Waals surface area contributed by atoms with Crippen molar-refractivity contribution in [1.29, 1.82) is 0 Å². The van der Waals surface area contributed by atoms with Crippen molar-refractivity contribution in [2.24, 2.45) is 11.8 Å². The summed E-state index contributed by atoms with van der Waals surface area (Å²) in [5.74, 6) is 1.61. The third kappa shape index (κ3) is 13.9. The second kappa shape index (κ2) is 10.4. The Kier molecular flexibility index (Phi) is 10.4. The molecule has 0 aromatic heterocycles. The molecule has 0 heterocycles. The van der Waals surface area contributed by atoms with Gasteiger partial charge in [-0.1, -0.05) is 27.7 Å². The van der Waals surface area contributed by atoms with E-state index in [9.17, 15) is 0 Å². The van der Waals surface area contributed by atoms with Gasteiger partial charge in [0.15, 0.2) is 0 Å². The third-order valence-electron chi connectivity index (χ3n) is 2.39. The first-order chi connectivity index (χ1) is 7.13. The number of rotatable bonds is 10. The van der Waals surface area contributed by atoms with E-state index >= 15 is 0 Å². The van der Waals surface area contributed by atoms with Crippen LogP contribution in [0.25, 0.3) is 0 Å². The second-order valence-electron chi connectivity index (χ2n) is 5.24. The summed E-state index contributed by atoms with van der Waals surface area (Å²) in [6.45, 7) is 13.7. The summed E-state index contributed by atoms with van der Waals surface area (Å²) in [7, 11) is 0. The largest absolute Gasteiger partial charge is 0.317 e. The van der Waals surface area contributed by atoms with Crippen LogP contribution in [-0.2, 0) is 0 Å². The average Bonchev–Trinajstić information content (AvgIpc) is 2.14. The molecule has 0 fully saturated rings. The molecule has 0 rings (SSSR count). The van der Waals surface area contributed by atoms with E-state index in [0.717, 1.165) is 31.5 Å². The topological polar surface area (TPSA) is 24.1 Å². The minimum Gasteiger partial charge on any atom is -0.317 e. The molecule has 2 N–H and O–H groups in total. The molecule has 2 heteroatoms. The maximum absolute atomic E-state index is 3.49. The molecular formula is C13H30N2. The van der Waals surface area contributed by atoms with Gasteiger partial charge in [0.05, 0.1) is 0 Å². The maximum Gasteiger partial charge on any atom is -0.00258 e. The number of hydrogen-bond acceptors (Lipinski definition) is 2. The van der Waals surface area contributed by atoms with E-state index in [2.05, 4.69) is 38.3 Å². The van der Waals surface area contributed by atoms with E-state index in [-0.39, 0.29) is 0 Å². The van der Waals surface area contributed by atoms with Crippen molar-refractivity contribution >= 4 is 0 Å². The van der Waals surface area contributed by atoms with Gasteiger partial charge in [-0.3, -0.25) is 0 Å². The highest BCUT2D eigenvalue weighted by Gasteiger charge is 1.94. The number of hydrogen-bond donors (Lipinski definition) is 2. The molecule has 0 saturated carbocycles. The Hall–Kier alpha value is -0.0800.